The van der Waals surface area contributed by atoms with E-state index in [4.69, 9.17) is 5.73 Å². The van der Waals surface area contributed by atoms with Crippen molar-refractivity contribution in [3.63, 3.8) is 0 Å². The summed E-state index contributed by atoms with van der Waals surface area (Å²) in [5, 5.41) is 0. The summed E-state index contributed by atoms with van der Waals surface area (Å²) in [5.74, 6) is 0.775. The summed E-state index contributed by atoms with van der Waals surface area (Å²) in [6.07, 6.45) is 4.96. The minimum Gasteiger partial charge on any atom is -0.398 e. The molecular weight excluding hydrogens is 158 g/mol. The van der Waals surface area contributed by atoms with Crippen LogP contribution in [0.15, 0.2) is 18.2 Å². The molecule has 1 aliphatic carbocycles. The lowest BCUT2D eigenvalue weighted by atomic mass is 10.0. The number of hydrogen-bond donors (Lipinski definition) is 1. The highest BCUT2D eigenvalue weighted by atomic mass is 14.6. The molecule has 1 fully saturated rings. The van der Waals surface area contributed by atoms with Crippen molar-refractivity contribution in [1.29, 1.82) is 0 Å². The fraction of sp³-hybridized carbons (Fsp3) is 0.500. The number of benzene rings is 1. The van der Waals surface area contributed by atoms with Crippen LogP contribution in [-0.4, -0.2) is 0 Å². The first-order valence-corrected chi connectivity index (χ1v) is 5.20. The van der Waals surface area contributed by atoms with E-state index in [1.807, 2.05) is 0 Å². The Labute approximate surface area is 80.0 Å². The lowest BCUT2D eigenvalue weighted by Crippen LogP contribution is -1.98. The fourth-order valence-electron chi connectivity index (χ4n) is 1.87. The van der Waals surface area contributed by atoms with E-state index >= 15 is 0 Å². The minimum atomic E-state index is 0.775. The fourth-order valence-corrected chi connectivity index (χ4v) is 1.87. The van der Waals surface area contributed by atoms with E-state index in [0.717, 1.165) is 18.0 Å². The molecule has 1 aromatic rings. The normalized spacial score (nSPS) is 16.1. The molecule has 0 amide bonds. The molecule has 13 heavy (non-hydrogen) atoms. The second-order valence-electron chi connectivity index (χ2n) is 3.94. The van der Waals surface area contributed by atoms with Gasteiger partial charge in [-0.3, -0.25) is 0 Å². The molecule has 0 aliphatic heterocycles. The smallest absolute Gasteiger partial charge is 0.0381 e. The van der Waals surface area contributed by atoms with Crippen molar-refractivity contribution in [3.8, 4) is 0 Å². The third kappa shape index (κ3) is 1.69. The van der Waals surface area contributed by atoms with Gasteiger partial charge in [0, 0.05) is 5.69 Å². The Balaban J connectivity index is 2.30. The Kier molecular flexibility index (Phi) is 2.26. The van der Waals surface area contributed by atoms with Crippen LogP contribution in [0.1, 0.15) is 43.2 Å². The zero-order valence-corrected chi connectivity index (χ0v) is 8.22. The first-order valence-electron chi connectivity index (χ1n) is 5.20. The number of nitrogen functional groups attached to an aromatic ring is 1. The molecule has 1 aliphatic rings. The van der Waals surface area contributed by atoms with Gasteiger partial charge in [0.15, 0.2) is 0 Å². The summed E-state index contributed by atoms with van der Waals surface area (Å²) in [4.78, 5) is 0. The largest absolute Gasteiger partial charge is 0.398 e. The van der Waals surface area contributed by atoms with Crippen LogP contribution in [0.2, 0.25) is 0 Å². The summed E-state index contributed by atoms with van der Waals surface area (Å²) in [7, 11) is 0. The van der Waals surface area contributed by atoms with Gasteiger partial charge in [0.2, 0.25) is 0 Å². The van der Waals surface area contributed by atoms with E-state index in [0.29, 0.717) is 0 Å². The zero-order valence-electron chi connectivity index (χ0n) is 8.22. The van der Waals surface area contributed by atoms with Gasteiger partial charge in [-0.2, -0.15) is 0 Å². The number of rotatable bonds is 3. The summed E-state index contributed by atoms with van der Waals surface area (Å²) >= 11 is 0. The van der Waals surface area contributed by atoms with Crippen molar-refractivity contribution in [2.24, 2.45) is 0 Å². The Morgan fingerprint density at radius 2 is 2.15 bits per heavy atom. The van der Waals surface area contributed by atoms with Crippen LogP contribution in [0.25, 0.3) is 0 Å². The third-order valence-electron chi connectivity index (χ3n) is 2.77. The summed E-state index contributed by atoms with van der Waals surface area (Å²) in [6, 6.07) is 6.49. The van der Waals surface area contributed by atoms with Crippen LogP contribution in [0.3, 0.4) is 0 Å². The van der Waals surface area contributed by atoms with E-state index in [-0.39, 0.29) is 0 Å². The average Bonchev–Trinajstić information content (AvgIpc) is 2.92. The maximum Gasteiger partial charge on any atom is 0.0381 e. The summed E-state index contributed by atoms with van der Waals surface area (Å²) in [6.45, 7) is 2.20. The topological polar surface area (TPSA) is 26.0 Å². The maximum atomic E-state index is 6.11. The molecule has 2 rings (SSSR count). The Bertz CT molecular complexity index is 300. The first kappa shape index (κ1) is 8.61. The van der Waals surface area contributed by atoms with Gasteiger partial charge in [0.25, 0.3) is 0 Å². The molecule has 0 aromatic heterocycles. The second kappa shape index (κ2) is 3.41. The number of nitrogens with two attached hydrogens (primary N) is 1. The van der Waals surface area contributed by atoms with Crippen LogP contribution in [-0.2, 0) is 6.42 Å². The second-order valence-corrected chi connectivity index (χ2v) is 3.94. The molecule has 0 spiro atoms. The van der Waals surface area contributed by atoms with Crippen LogP contribution in [0.5, 0.6) is 0 Å². The van der Waals surface area contributed by atoms with Crippen molar-refractivity contribution in [2.45, 2.75) is 38.5 Å². The highest BCUT2D eigenvalue weighted by molar-refractivity contribution is 5.56. The molecule has 0 radical (unpaired) electrons. The molecule has 0 atom stereocenters. The first-order chi connectivity index (χ1) is 6.33. The monoisotopic (exact) mass is 175 g/mol. The van der Waals surface area contributed by atoms with E-state index in [2.05, 4.69) is 25.1 Å². The standard InChI is InChI=1S/C12H17N/c1-2-4-10-5-3-6-11(12(10)13)9-7-8-9/h3,5-6,9H,2,4,7-8,13H2,1H3. The quantitative estimate of drug-likeness (QED) is 0.702. The lowest BCUT2D eigenvalue weighted by molar-refractivity contribution is 0.920. The van der Waals surface area contributed by atoms with Gasteiger partial charge in [0.05, 0.1) is 0 Å². The average molecular weight is 175 g/mol. The van der Waals surface area contributed by atoms with Gasteiger partial charge >= 0.3 is 0 Å². The molecule has 0 saturated heterocycles. The molecule has 2 N–H and O–H groups in total. The predicted octanol–water partition coefficient (Wildman–Crippen LogP) is 3.10. The summed E-state index contributed by atoms with van der Waals surface area (Å²) < 4.78 is 0. The van der Waals surface area contributed by atoms with Gasteiger partial charge in [0.1, 0.15) is 0 Å². The van der Waals surface area contributed by atoms with E-state index < -0.39 is 0 Å². The molecular formula is C12H17N. The van der Waals surface area contributed by atoms with Crippen LogP contribution in [0.4, 0.5) is 5.69 Å². The summed E-state index contributed by atoms with van der Waals surface area (Å²) in [5.41, 5.74) is 9.91. The molecule has 0 unspecified atom stereocenters. The van der Waals surface area contributed by atoms with Gasteiger partial charge < -0.3 is 5.73 Å². The number of aryl methyl sites for hydroxylation is 1. The minimum absolute atomic E-state index is 0.775. The molecule has 1 saturated carbocycles. The molecule has 70 valence electrons. The molecule has 1 nitrogen and oxygen atoms in total. The number of anilines is 1. The van der Waals surface area contributed by atoms with Crippen molar-refractivity contribution < 1.29 is 0 Å². The molecule has 0 heterocycles. The van der Waals surface area contributed by atoms with Crippen molar-refractivity contribution in [3.05, 3.63) is 29.3 Å². The Hall–Kier alpha value is -0.980. The SMILES string of the molecule is CCCc1cccc(C2CC2)c1N. The van der Waals surface area contributed by atoms with Crippen molar-refractivity contribution >= 4 is 5.69 Å². The van der Waals surface area contributed by atoms with E-state index in [9.17, 15) is 0 Å². The van der Waals surface area contributed by atoms with Crippen LogP contribution >= 0.6 is 0 Å². The van der Waals surface area contributed by atoms with Gasteiger partial charge in [-0.05, 0) is 36.3 Å². The Morgan fingerprint density at radius 3 is 2.77 bits per heavy atom. The number of para-hydroxylation sites is 1. The van der Waals surface area contributed by atoms with Gasteiger partial charge in [-0.15, -0.1) is 0 Å². The van der Waals surface area contributed by atoms with Crippen molar-refractivity contribution in [2.75, 3.05) is 5.73 Å². The highest BCUT2D eigenvalue weighted by Gasteiger charge is 2.25. The van der Waals surface area contributed by atoms with Crippen molar-refractivity contribution in [1.82, 2.24) is 0 Å². The predicted molar refractivity (Wildman–Crippen MR) is 56.8 cm³/mol. The molecule has 0 bridgehead atoms. The van der Waals surface area contributed by atoms with Gasteiger partial charge in [-0.1, -0.05) is 31.5 Å². The van der Waals surface area contributed by atoms with E-state index in [1.165, 1.54) is 30.4 Å². The molecule has 1 heteroatoms. The number of hydrogen-bond acceptors (Lipinski definition) is 1. The van der Waals surface area contributed by atoms with Gasteiger partial charge in [-0.25, -0.2) is 0 Å². The molecule has 1 aromatic carbocycles. The van der Waals surface area contributed by atoms with Crippen LogP contribution in [0, 0.1) is 0 Å². The Morgan fingerprint density at radius 1 is 1.38 bits per heavy atom. The third-order valence-corrected chi connectivity index (χ3v) is 2.77. The highest BCUT2D eigenvalue weighted by Crippen LogP contribution is 2.43. The van der Waals surface area contributed by atoms with E-state index in [1.54, 1.807) is 0 Å². The zero-order chi connectivity index (χ0) is 9.26. The maximum absolute atomic E-state index is 6.11. The van der Waals surface area contributed by atoms with Crippen LogP contribution < -0.4 is 5.73 Å². The lowest BCUT2D eigenvalue weighted by Gasteiger charge is -2.09.